The Morgan fingerprint density at radius 3 is 2.38 bits per heavy atom. The molecular formula is C20H18ClNO4. The molecular weight excluding hydrogens is 354 g/mol. The number of hydrogen-bond acceptors (Lipinski definition) is 4. The SMILES string of the molecule is CCc1c(O)ccc2c1c(OC(C)=O)c(C)n2C(=O)c1ccc(Cl)cc1. The molecule has 134 valence electrons. The molecule has 3 rings (SSSR count). The van der Waals surface area contributed by atoms with Crippen molar-refractivity contribution >= 4 is 34.4 Å². The van der Waals surface area contributed by atoms with Crippen LogP contribution in [0.25, 0.3) is 10.9 Å². The maximum Gasteiger partial charge on any atom is 0.308 e. The Labute approximate surface area is 155 Å². The molecule has 3 aromatic rings. The van der Waals surface area contributed by atoms with Gasteiger partial charge in [0, 0.05) is 23.1 Å². The van der Waals surface area contributed by atoms with Crippen LogP contribution in [-0.2, 0) is 11.2 Å². The molecule has 0 fully saturated rings. The third-order valence-corrected chi connectivity index (χ3v) is 4.54. The van der Waals surface area contributed by atoms with Crippen LogP contribution in [0.4, 0.5) is 0 Å². The summed E-state index contributed by atoms with van der Waals surface area (Å²) in [6.45, 7) is 4.90. The first-order valence-corrected chi connectivity index (χ1v) is 8.57. The van der Waals surface area contributed by atoms with Gasteiger partial charge in [-0.25, -0.2) is 0 Å². The zero-order chi connectivity index (χ0) is 19.0. The first-order chi connectivity index (χ1) is 12.3. The van der Waals surface area contributed by atoms with Gasteiger partial charge < -0.3 is 9.84 Å². The monoisotopic (exact) mass is 371 g/mol. The summed E-state index contributed by atoms with van der Waals surface area (Å²) in [5.74, 6) is -0.362. The fraction of sp³-hybridized carbons (Fsp3) is 0.200. The van der Waals surface area contributed by atoms with Gasteiger partial charge in [0.25, 0.3) is 5.91 Å². The van der Waals surface area contributed by atoms with Crippen molar-refractivity contribution in [2.45, 2.75) is 27.2 Å². The Morgan fingerprint density at radius 2 is 1.81 bits per heavy atom. The first kappa shape index (κ1) is 18.0. The molecule has 5 nitrogen and oxygen atoms in total. The van der Waals surface area contributed by atoms with Crippen LogP contribution in [0.3, 0.4) is 0 Å². The summed E-state index contributed by atoms with van der Waals surface area (Å²) in [6.07, 6.45) is 0.524. The number of phenols is 1. The zero-order valence-corrected chi connectivity index (χ0v) is 15.4. The molecule has 6 heteroatoms. The highest BCUT2D eigenvalue weighted by Crippen LogP contribution is 2.39. The van der Waals surface area contributed by atoms with Crippen LogP contribution in [0.15, 0.2) is 36.4 Å². The minimum absolute atomic E-state index is 0.101. The molecule has 0 atom stereocenters. The average molecular weight is 372 g/mol. The number of nitrogens with zero attached hydrogens (tertiary/aromatic N) is 1. The minimum atomic E-state index is -0.489. The third-order valence-electron chi connectivity index (χ3n) is 4.29. The van der Waals surface area contributed by atoms with E-state index < -0.39 is 5.97 Å². The van der Waals surface area contributed by atoms with E-state index in [1.807, 2.05) is 6.92 Å². The second kappa shape index (κ2) is 6.84. The van der Waals surface area contributed by atoms with Crippen LogP contribution in [0.5, 0.6) is 11.5 Å². The van der Waals surface area contributed by atoms with Crippen LogP contribution in [0.1, 0.15) is 35.5 Å². The highest BCUT2D eigenvalue weighted by Gasteiger charge is 2.25. The van der Waals surface area contributed by atoms with Crippen molar-refractivity contribution in [3.63, 3.8) is 0 Å². The van der Waals surface area contributed by atoms with Gasteiger partial charge in [-0.05, 0) is 49.7 Å². The Morgan fingerprint density at radius 1 is 1.15 bits per heavy atom. The Balaban J connectivity index is 2.32. The molecule has 0 saturated heterocycles. The molecule has 0 bridgehead atoms. The zero-order valence-electron chi connectivity index (χ0n) is 14.7. The molecule has 0 amide bonds. The van der Waals surface area contributed by atoms with Crippen LogP contribution in [-0.4, -0.2) is 21.6 Å². The van der Waals surface area contributed by atoms with Gasteiger partial charge in [-0.2, -0.15) is 0 Å². The van der Waals surface area contributed by atoms with Gasteiger partial charge in [0.15, 0.2) is 5.75 Å². The van der Waals surface area contributed by atoms with Gasteiger partial charge in [-0.3, -0.25) is 14.2 Å². The molecule has 26 heavy (non-hydrogen) atoms. The average Bonchev–Trinajstić information content (AvgIpc) is 2.87. The number of aromatic hydroxyl groups is 1. The summed E-state index contributed by atoms with van der Waals surface area (Å²) in [5, 5.41) is 11.3. The lowest BCUT2D eigenvalue weighted by atomic mass is 10.1. The maximum absolute atomic E-state index is 13.1. The molecule has 2 aromatic carbocycles. The predicted molar refractivity (Wildman–Crippen MR) is 100 cm³/mol. The van der Waals surface area contributed by atoms with Crippen LogP contribution in [0, 0.1) is 6.92 Å². The van der Waals surface area contributed by atoms with E-state index >= 15 is 0 Å². The van der Waals surface area contributed by atoms with Gasteiger partial charge in [-0.15, -0.1) is 0 Å². The summed E-state index contributed by atoms with van der Waals surface area (Å²) in [5.41, 5.74) is 2.16. The maximum atomic E-state index is 13.1. The van der Waals surface area contributed by atoms with E-state index in [-0.39, 0.29) is 11.7 Å². The summed E-state index contributed by atoms with van der Waals surface area (Å²) >= 11 is 5.90. The van der Waals surface area contributed by atoms with Crippen molar-refractivity contribution in [3.05, 3.63) is 58.2 Å². The van der Waals surface area contributed by atoms with Crippen LogP contribution >= 0.6 is 11.6 Å². The Kier molecular flexibility index (Phi) is 4.74. The molecule has 0 aliphatic heterocycles. The number of fused-ring (bicyclic) bond motifs is 1. The summed E-state index contributed by atoms with van der Waals surface area (Å²) in [4.78, 5) is 24.7. The number of ether oxygens (including phenoxy) is 1. The van der Waals surface area contributed by atoms with Crippen molar-refractivity contribution in [3.8, 4) is 11.5 Å². The first-order valence-electron chi connectivity index (χ1n) is 8.19. The normalized spacial score (nSPS) is 10.9. The van der Waals surface area contributed by atoms with Gasteiger partial charge in [0.2, 0.25) is 0 Å². The highest BCUT2D eigenvalue weighted by molar-refractivity contribution is 6.30. The Bertz CT molecular complexity index is 1020. The van der Waals surface area contributed by atoms with Gasteiger partial charge in [0.05, 0.1) is 16.6 Å². The van der Waals surface area contributed by atoms with E-state index in [1.54, 1.807) is 43.3 Å². The van der Waals surface area contributed by atoms with E-state index in [1.165, 1.54) is 11.5 Å². The van der Waals surface area contributed by atoms with Crippen LogP contribution in [0.2, 0.25) is 5.02 Å². The lowest BCUT2D eigenvalue weighted by Gasteiger charge is -2.08. The standard InChI is InChI=1S/C20H18ClNO4/c1-4-15-17(24)10-9-16-18(15)19(26-12(3)23)11(2)22(16)20(25)13-5-7-14(21)8-6-13/h5-10,24H,4H2,1-3H3. The number of rotatable bonds is 3. The van der Waals surface area contributed by atoms with E-state index in [9.17, 15) is 14.7 Å². The second-order valence-electron chi connectivity index (χ2n) is 5.97. The van der Waals surface area contributed by atoms with Crippen molar-refractivity contribution < 1.29 is 19.4 Å². The molecule has 1 N–H and O–H groups in total. The van der Waals surface area contributed by atoms with E-state index in [4.69, 9.17) is 16.3 Å². The van der Waals surface area contributed by atoms with E-state index in [0.717, 1.165) is 0 Å². The minimum Gasteiger partial charge on any atom is -0.508 e. The smallest absolute Gasteiger partial charge is 0.308 e. The lowest BCUT2D eigenvalue weighted by Crippen LogP contribution is -2.13. The summed E-state index contributed by atoms with van der Waals surface area (Å²) in [6, 6.07) is 9.77. The third kappa shape index (κ3) is 2.95. The van der Waals surface area contributed by atoms with Gasteiger partial charge in [0.1, 0.15) is 5.75 Å². The number of halogens is 1. The summed E-state index contributed by atoms with van der Waals surface area (Å²) in [7, 11) is 0. The molecule has 0 aliphatic rings. The molecule has 0 aliphatic carbocycles. The lowest BCUT2D eigenvalue weighted by molar-refractivity contribution is -0.131. The molecule has 1 aromatic heterocycles. The van der Waals surface area contributed by atoms with Crippen molar-refractivity contribution in [2.75, 3.05) is 0 Å². The van der Waals surface area contributed by atoms with Crippen molar-refractivity contribution in [1.82, 2.24) is 4.57 Å². The largest absolute Gasteiger partial charge is 0.508 e. The predicted octanol–water partition coefficient (Wildman–Crippen LogP) is 4.48. The highest BCUT2D eigenvalue weighted by atomic mass is 35.5. The number of hydrogen-bond donors (Lipinski definition) is 1. The quantitative estimate of drug-likeness (QED) is 0.689. The summed E-state index contributed by atoms with van der Waals surface area (Å²) < 4.78 is 6.89. The topological polar surface area (TPSA) is 68.5 Å². The number of carbonyl (C=O) groups excluding carboxylic acids is 2. The number of aryl methyl sites for hydroxylation is 1. The number of aromatic nitrogens is 1. The Hall–Kier alpha value is -2.79. The molecule has 1 heterocycles. The van der Waals surface area contributed by atoms with Crippen LogP contribution < -0.4 is 4.74 Å². The van der Waals surface area contributed by atoms with Crippen molar-refractivity contribution in [2.24, 2.45) is 0 Å². The van der Waals surface area contributed by atoms with E-state index in [2.05, 4.69) is 0 Å². The fourth-order valence-corrected chi connectivity index (χ4v) is 3.26. The van der Waals surface area contributed by atoms with Gasteiger partial charge in [-0.1, -0.05) is 18.5 Å². The number of carbonyl (C=O) groups is 2. The second-order valence-corrected chi connectivity index (χ2v) is 6.40. The number of benzene rings is 2. The molecule has 0 spiro atoms. The number of esters is 1. The molecule has 0 saturated carbocycles. The van der Waals surface area contributed by atoms with Crippen molar-refractivity contribution in [1.29, 1.82) is 0 Å². The number of phenolic OH excluding ortho intramolecular Hbond substituents is 1. The van der Waals surface area contributed by atoms with E-state index in [0.29, 0.717) is 44.9 Å². The van der Waals surface area contributed by atoms with Gasteiger partial charge >= 0.3 is 5.97 Å². The molecule has 0 unspecified atom stereocenters. The molecule has 0 radical (unpaired) electrons. The fourth-order valence-electron chi connectivity index (χ4n) is 3.14.